The van der Waals surface area contributed by atoms with E-state index in [2.05, 4.69) is 20.9 Å². The molecule has 5 N–H and O–H groups in total. The van der Waals surface area contributed by atoms with Crippen LogP contribution in [0.25, 0.3) is 0 Å². The fourth-order valence-corrected chi connectivity index (χ4v) is 2.08. The molecule has 0 radical (unpaired) electrons. The second-order valence-electron chi connectivity index (χ2n) is 4.34. The molecule has 0 aromatic carbocycles. The molecule has 2 amide bonds. The van der Waals surface area contributed by atoms with Gasteiger partial charge in [-0.3, -0.25) is 9.59 Å². The molecule has 8 heteroatoms. The van der Waals surface area contributed by atoms with Crippen molar-refractivity contribution in [1.82, 2.24) is 15.6 Å². The molecule has 0 spiro atoms. The van der Waals surface area contributed by atoms with Gasteiger partial charge in [0.15, 0.2) is 5.13 Å². The number of anilines is 2. The fourth-order valence-electron chi connectivity index (χ4n) is 1.34. The topological polar surface area (TPSA) is 109 Å². The van der Waals surface area contributed by atoms with E-state index < -0.39 is 11.9 Å². The average Bonchev–Trinajstić information content (AvgIpc) is 2.69. The minimum atomic E-state index is -0.630. The molecule has 1 aromatic rings. The number of rotatable bonds is 5. The molecule has 1 rings (SSSR count). The van der Waals surface area contributed by atoms with Crippen LogP contribution >= 0.6 is 11.3 Å². The summed E-state index contributed by atoms with van der Waals surface area (Å²) in [4.78, 5) is 27.9. The van der Waals surface area contributed by atoms with Gasteiger partial charge in [0.2, 0.25) is 5.91 Å². The van der Waals surface area contributed by atoms with E-state index in [4.69, 9.17) is 5.73 Å². The van der Waals surface area contributed by atoms with Crippen LogP contribution in [-0.2, 0) is 4.79 Å². The standard InChI is InChI=1S/C11H19N5O2S/c1-5(2)14-9(17)6(3)15-10(18)7-8(12)16-11(13-4)19-7/h5-6H,12H2,1-4H3,(H,13,16)(H,14,17)(H,15,18). The quantitative estimate of drug-likeness (QED) is 0.626. The number of thiazole rings is 1. The number of nitrogens with two attached hydrogens (primary N) is 1. The highest BCUT2D eigenvalue weighted by Crippen LogP contribution is 2.24. The highest BCUT2D eigenvalue weighted by Gasteiger charge is 2.21. The second kappa shape index (κ2) is 6.37. The number of carbonyl (C=O) groups is 2. The third kappa shape index (κ3) is 4.09. The van der Waals surface area contributed by atoms with E-state index in [1.807, 2.05) is 13.8 Å². The van der Waals surface area contributed by atoms with E-state index in [9.17, 15) is 9.59 Å². The Labute approximate surface area is 116 Å². The summed E-state index contributed by atoms with van der Waals surface area (Å²) in [6.07, 6.45) is 0. The maximum absolute atomic E-state index is 12.0. The molecule has 1 heterocycles. The number of nitrogens with one attached hydrogen (secondary N) is 3. The Morgan fingerprint density at radius 3 is 2.37 bits per heavy atom. The average molecular weight is 285 g/mol. The highest BCUT2D eigenvalue weighted by atomic mass is 32.1. The van der Waals surface area contributed by atoms with Crippen molar-refractivity contribution in [3.05, 3.63) is 4.88 Å². The molecule has 0 fully saturated rings. The summed E-state index contributed by atoms with van der Waals surface area (Å²) in [5, 5.41) is 8.68. The number of nitrogens with zero attached hydrogens (tertiary/aromatic N) is 1. The molecule has 0 aliphatic rings. The first-order valence-corrected chi connectivity index (χ1v) is 6.72. The lowest BCUT2D eigenvalue weighted by Crippen LogP contribution is -2.46. The number of nitrogen functional groups attached to an aromatic ring is 1. The minimum Gasteiger partial charge on any atom is -0.382 e. The Balaban J connectivity index is 2.68. The zero-order chi connectivity index (χ0) is 14.6. The van der Waals surface area contributed by atoms with Crippen molar-refractivity contribution < 1.29 is 9.59 Å². The van der Waals surface area contributed by atoms with Crippen LogP contribution in [0, 0.1) is 0 Å². The van der Waals surface area contributed by atoms with Crippen LogP contribution in [0.2, 0.25) is 0 Å². The summed E-state index contributed by atoms with van der Waals surface area (Å²) in [6, 6.07) is -0.606. The zero-order valence-corrected chi connectivity index (χ0v) is 12.2. The van der Waals surface area contributed by atoms with Crippen molar-refractivity contribution >= 4 is 34.1 Å². The van der Waals surface area contributed by atoms with Gasteiger partial charge in [-0.2, -0.15) is 0 Å². The van der Waals surface area contributed by atoms with Gasteiger partial charge < -0.3 is 21.7 Å². The van der Waals surface area contributed by atoms with E-state index >= 15 is 0 Å². The maximum Gasteiger partial charge on any atom is 0.265 e. The van der Waals surface area contributed by atoms with Crippen molar-refractivity contribution in [2.45, 2.75) is 32.9 Å². The van der Waals surface area contributed by atoms with Gasteiger partial charge in [-0.15, -0.1) is 0 Å². The third-order valence-corrected chi connectivity index (χ3v) is 3.33. The number of amides is 2. The largest absolute Gasteiger partial charge is 0.382 e. The van der Waals surface area contributed by atoms with Gasteiger partial charge >= 0.3 is 0 Å². The van der Waals surface area contributed by atoms with Gasteiger partial charge in [0.05, 0.1) is 0 Å². The molecule has 0 saturated heterocycles. The van der Waals surface area contributed by atoms with Crippen LogP contribution in [0.1, 0.15) is 30.4 Å². The molecule has 106 valence electrons. The van der Waals surface area contributed by atoms with Crippen LogP contribution < -0.4 is 21.7 Å². The van der Waals surface area contributed by atoms with Crippen LogP contribution in [0.15, 0.2) is 0 Å². The van der Waals surface area contributed by atoms with E-state index in [0.717, 1.165) is 11.3 Å². The number of hydrogen-bond acceptors (Lipinski definition) is 6. The molecular formula is C11H19N5O2S. The molecule has 1 unspecified atom stereocenters. The number of hydrogen-bond donors (Lipinski definition) is 4. The SMILES string of the molecule is CNc1nc(N)c(C(=O)NC(C)C(=O)NC(C)C)s1. The van der Waals surface area contributed by atoms with Gasteiger partial charge in [0.25, 0.3) is 5.91 Å². The van der Waals surface area contributed by atoms with Crippen molar-refractivity contribution in [3.8, 4) is 0 Å². The van der Waals surface area contributed by atoms with Gasteiger partial charge in [0.1, 0.15) is 16.7 Å². The summed E-state index contributed by atoms with van der Waals surface area (Å²) in [7, 11) is 1.69. The van der Waals surface area contributed by atoms with Crippen molar-refractivity contribution in [1.29, 1.82) is 0 Å². The molecule has 0 saturated carbocycles. The Morgan fingerprint density at radius 1 is 1.26 bits per heavy atom. The Kier molecular flexibility index (Phi) is 5.11. The van der Waals surface area contributed by atoms with Crippen LogP contribution in [-0.4, -0.2) is 35.9 Å². The molecule has 0 aliphatic heterocycles. The van der Waals surface area contributed by atoms with E-state index in [1.54, 1.807) is 14.0 Å². The van der Waals surface area contributed by atoms with Crippen LogP contribution in [0.5, 0.6) is 0 Å². The summed E-state index contributed by atoms with van der Waals surface area (Å²) in [5.41, 5.74) is 5.65. The predicted octanol–water partition coefficient (Wildman–Crippen LogP) is 0.410. The summed E-state index contributed by atoms with van der Waals surface area (Å²) >= 11 is 1.14. The number of aromatic nitrogens is 1. The van der Waals surface area contributed by atoms with Crippen LogP contribution in [0.3, 0.4) is 0 Å². The molecule has 19 heavy (non-hydrogen) atoms. The van der Waals surface area contributed by atoms with Crippen molar-refractivity contribution in [2.24, 2.45) is 0 Å². The Hall–Kier alpha value is -1.83. The maximum atomic E-state index is 12.0. The summed E-state index contributed by atoms with van der Waals surface area (Å²) < 4.78 is 0. The monoisotopic (exact) mass is 285 g/mol. The zero-order valence-electron chi connectivity index (χ0n) is 11.4. The summed E-state index contributed by atoms with van der Waals surface area (Å²) in [6.45, 7) is 5.32. The normalized spacial score (nSPS) is 12.1. The van der Waals surface area contributed by atoms with E-state index in [1.165, 1.54) is 0 Å². The first-order valence-electron chi connectivity index (χ1n) is 5.90. The first kappa shape index (κ1) is 15.2. The molecule has 7 nitrogen and oxygen atoms in total. The fraction of sp³-hybridized carbons (Fsp3) is 0.545. The molecule has 1 atom stereocenters. The van der Waals surface area contributed by atoms with E-state index in [0.29, 0.717) is 10.0 Å². The lowest BCUT2D eigenvalue weighted by Gasteiger charge is -2.15. The smallest absolute Gasteiger partial charge is 0.265 e. The highest BCUT2D eigenvalue weighted by molar-refractivity contribution is 7.18. The van der Waals surface area contributed by atoms with Gasteiger partial charge in [-0.25, -0.2) is 4.98 Å². The Bertz CT molecular complexity index is 472. The van der Waals surface area contributed by atoms with Crippen molar-refractivity contribution in [2.75, 3.05) is 18.1 Å². The molecule has 0 bridgehead atoms. The molecule has 1 aromatic heterocycles. The van der Waals surface area contributed by atoms with Gasteiger partial charge in [0, 0.05) is 13.1 Å². The van der Waals surface area contributed by atoms with Crippen LogP contribution in [0.4, 0.5) is 10.9 Å². The lowest BCUT2D eigenvalue weighted by atomic mass is 10.2. The predicted molar refractivity (Wildman–Crippen MR) is 76.3 cm³/mol. The van der Waals surface area contributed by atoms with Gasteiger partial charge in [-0.05, 0) is 20.8 Å². The summed E-state index contributed by atoms with van der Waals surface area (Å²) in [5.74, 6) is -0.480. The number of carbonyl (C=O) groups excluding carboxylic acids is 2. The van der Waals surface area contributed by atoms with E-state index in [-0.39, 0.29) is 17.8 Å². The molecule has 0 aliphatic carbocycles. The first-order chi connectivity index (χ1) is 8.85. The Morgan fingerprint density at radius 2 is 1.89 bits per heavy atom. The van der Waals surface area contributed by atoms with Gasteiger partial charge in [-0.1, -0.05) is 11.3 Å². The lowest BCUT2D eigenvalue weighted by molar-refractivity contribution is -0.123. The van der Waals surface area contributed by atoms with Crippen molar-refractivity contribution in [3.63, 3.8) is 0 Å². The second-order valence-corrected chi connectivity index (χ2v) is 5.34. The minimum absolute atomic E-state index is 0.0243. The molecular weight excluding hydrogens is 266 g/mol. The third-order valence-electron chi connectivity index (χ3n) is 2.25.